The van der Waals surface area contributed by atoms with E-state index in [0.29, 0.717) is 42.4 Å². The van der Waals surface area contributed by atoms with Crippen molar-refractivity contribution >= 4 is 11.9 Å². The highest BCUT2D eigenvalue weighted by molar-refractivity contribution is 5.89. The van der Waals surface area contributed by atoms with Crippen LogP contribution in [-0.2, 0) is 22.4 Å². The molecule has 0 fully saturated rings. The van der Waals surface area contributed by atoms with E-state index in [4.69, 9.17) is 23.7 Å². The SMILES string of the molecule is CCOC(=O)c1ccc(OC[C@H]2c3cc(OC)c(OC)cc3CCN2C(=O)Cc2ccc(OC)cc2)cc1. The van der Waals surface area contributed by atoms with Gasteiger partial charge in [0, 0.05) is 6.54 Å². The summed E-state index contributed by atoms with van der Waals surface area (Å²) in [5, 5.41) is 0. The van der Waals surface area contributed by atoms with Crippen molar-refractivity contribution in [2.45, 2.75) is 25.8 Å². The fourth-order valence-corrected chi connectivity index (χ4v) is 4.60. The predicted octanol–water partition coefficient (Wildman–Crippen LogP) is 4.64. The van der Waals surface area contributed by atoms with E-state index in [1.165, 1.54) is 0 Å². The lowest BCUT2D eigenvalue weighted by molar-refractivity contribution is -0.134. The van der Waals surface area contributed by atoms with Gasteiger partial charge in [0.15, 0.2) is 11.5 Å². The molecule has 0 saturated carbocycles. The molecule has 0 bridgehead atoms. The number of nitrogens with zero attached hydrogens (tertiary/aromatic N) is 1. The Morgan fingerprint density at radius 2 is 1.53 bits per heavy atom. The van der Waals surface area contributed by atoms with Gasteiger partial charge in [-0.25, -0.2) is 4.79 Å². The van der Waals surface area contributed by atoms with Crippen molar-refractivity contribution in [1.29, 1.82) is 0 Å². The molecule has 0 saturated heterocycles. The van der Waals surface area contributed by atoms with Crippen LogP contribution < -0.4 is 18.9 Å². The predicted molar refractivity (Wildman–Crippen MR) is 142 cm³/mol. The van der Waals surface area contributed by atoms with Gasteiger partial charge < -0.3 is 28.6 Å². The highest BCUT2D eigenvalue weighted by atomic mass is 16.5. The van der Waals surface area contributed by atoms with Crippen LogP contribution in [0.5, 0.6) is 23.0 Å². The third-order valence-corrected chi connectivity index (χ3v) is 6.61. The molecule has 0 radical (unpaired) electrons. The van der Waals surface area contributed by atoms with Crippen molar-refractivity contribution in [3.63, 3.8) is 0 Å². The molecule has 1 aliphatic heterocycles. The van der Waals surface area contributed by atoms with E-state index in [9.17, 15) is 9.59 Å². The first-order valence-corrected chi connectivity index (χ1v) is 12.5. The van der Waals surface area contributed by atoms with Crippen LogP contribution in [0.4, 0.5) is 0 Å². The summed E-state index contributed by atoms with van der Waals surface area (Å²) >= 11 is 0. The minimum absolute atomic E-state index is 0.00172. The number of rotatable bonds is 10. The van der Waals surface area contributed by atoms with Crippen LogP contribution in [0.15, 0.2) is 60.7 Å². The first-order chi connectivity index (χ1) is 18.5. The van der Waals surface area contributed by atoms with Crippen LogP contribution in [-0.4, -0.2) is 57.9 Å². The maximum atomic E-state index is 13.5. The van der Waals surface area contributed by atoms with Crippen molar-refractivity contribution in [2.24, 2.45) is 0 Å². The Kier molecular flexibility index (Phi) is 8.73. The molecule has 0 aromatic heterocycles. The lowest BCUT2D eigenvalue weighted by Gasteiger charge is -2.37. The molecule has 1 amide bonds. The molecule has 1 atom stereocenters. The largest absolute Gasteiger partial charge is 0.497 e. The summed E-state index contributed by atoms with van der Waals surface area (Å²) in [6, 6.07) is 17.9. The van der Waals surface area contributed by atoms with Gasteiger partial charge in [0.2, 0.25) is 5.91 Å². The van der Waals surface area contributed by atoms with Crippen LogP contribution in [0.1, 0.15) is 40.0 Å². The molecule has 3 aromatic rings. The summed E-state index contributed by atoms with van der Waals surface area (Å²) in [4.78, 5) is 27.4. The van der Waals surface area contributed by atoms with E-state index in [2.05, 4.69) is 0 Å². The van der Waals surface area contributed by atoms with Crippen LogP contribution in [0.3, 0.4) is 0 Å². The van der Waals surface area contributed by atoms with Crippen LogP contribution in [0.25, 0.3) is 0 Å². The number of fused-ring (bicyclic) bond motifs is 1. The molecule has 1 aliphatic rings. The Morgan fingerprint density at radius 3 is 2.16 bits per heavy atom. The van der Waals surface area contributed by atoms with Gasteiger partial charge in [0.1, 0.15) is 18.1 Å². The number of carbonyl (C=O) groups is 2. The van der Waals surface area contributed by atoms with E-state index >= 15 is 0 Å². The highest BCUT2D eigenvalue weighted by Gasteiger charge is 2.33. The zero-order chi connectivity index (χ0) is 27.1. The summed E-state index contributed by atoms with van der Waals surface area (Å²) in [5.41, 5.74) is 3.40. The number of esters is 1. The average Bonchev–Trinajstić information content (AvgIpc) is 2.95. The number of methoxy groups -OCH3 is 3. The Hall–Kier alpha value is -4.20. The first-order valence-electron chi connectivity index (χ1n) is 12.5. The van der Waals surface area contributed by atoms with E-state index in [0.717, 1.165) is 22.4 Å². The molecule has 8 heteroatoms. The number of hydrogen-bond donors (Lipinski definition) is 0. The van der Waals surface area contributed by atoms with Gasteiger partial charge >= 0.3 is 5.97 Å². The topological polar surface area (TPSA) is 83.5 Å². The lowest BCUT2D eigenvalue weighted by Crippen LogP contribution is -2.43. The molecule has 0 aliphatic carbocycles. The number of carbonyl (C=O) groups excluding carboxylic acids is 2. The lowest BCUT2D eigenvalue weighted by atomic mass is 9.91. The number of amides is 1. The minimum Gasteiger partial charge on any atom is -0.497 e. The van der Waals surface area contributed by atoms with Gasteiger partial charge in [-0.3, -0.25) is 4.79 Å². The number of ether oxygens (including phenoxy) is 5. The monoisotopic (exact) mass is 519 g/mol. The Balaban J connectivity index is 1.58. The second-order valence-corrected chi connectivity index (χ2v) is 8.84. The summed E-state index contributed by atoms with van der Waals surface area (Å²) < 4.78 is 27.5. The van der Waals surface area contributed by atoms with Gasteiger partial charge in [-0.05, 0) is 78.6 Å². The molecular weight excluding hydrogens is 486 g/mol. The molecule has 0 unspecified atom stereocenters. The standard InChI is InChI=1S/C30H33NO7/c1-5-37-30(33)21-8-12-24(13-9-21)38-19-26-25-18-28(36-4)27(35-3)17-22(25)14-15-31(26)29(32)16-20-6-10-23(34-2)11-7-20/h6-13,17-18,26H,5,14-16,19H2,1-4H3/t26-/m0/s1. The molecular formula is C30H33NO7. The minimum atomic E-state index is -0.378. The summed E-state index contributed by atoms with van der Waals surface area (Å²) in [6.45, 7) is 2.86. The highest BCUT2D eigenvalue weighted by Crippen LogP contribution is 2.38. The zero-order valence-corrected chi connectivity index (χ0v) is 22.2. The Bertz CT molecular complexity index is 1250. The molecule has 8 nitrogen and oxygen atoms in total. The third kappa shape index (κ3) is 6.02. The van der Waals surface area contributed by atoms with Crippen molar-refractivity contribution < 1.29 is 33.3 Å². The number of benzene rings is 3. The van der Waals surface area contributed by atoms with Crippen LogP contribution in [0.2, 0.25) is 0 Å². The molecule has 3 aromatic carbocycles. The third-order valence-electron chi connectivity index (χ3n) is 6.61. The smallest absolute Gasteiger partial charge is 0.338 e. The van der Waals surface area contributed by atoms with E-state index in [-0.39, 0.29) is 30.9 Å². The van der Waals surface area contributed by atoms with Crippen molar-refractivity contribution in [1.82, 2.24) is 4.90 Å². The average molecular weight is 520 g/mol. The normalized spacial score (nSPS) is 14.3. The quantitative estimate of drug-likeness (QED) is 0.361. The second-order valence-electron chi connectivity index (χ2n) is 8.84. The molecule has 0 spiro atoms. The maximum absolute atomic E-state index is 13.5. The molecule has 38 heavy (non-hydrogen) atoms. The zero-order valence-electron chi connectivity index (χ0n) is 22.2. The summed E-state index contributed by atoms with van der Waals surface area (Å²) in [6.07, 6.45) is 0.951. The molecule has 1 heterocycles. The molecule has 0 N–H and O–H groups in total. The summed E-state index contributed by atoms with van der Waals surface area (Å²) in [5.74, 6) is 2.21. The maximum Gasteiger partial charge on any atom is 0.338 e. The van der Waals surface area contributed by atoms with Crippen molar-refractivity contribution in [3.05, 3.63) is 82.9 Å². The van der Waals surface area contributed by atoms with Gasteiger partial charge in [-0.15, -0.1) is 0 Å². The van der Waals surface area contributed by atoms with Gasteiger partial charge in [-0.1, -0.05) is 12.1 Å². The molecule has 200 valence electrons. The number of hydrogen-bond acceptors (Lipinski definition) is 7. The first kappa shape index (κ1) is 26.9. The van der Waals surface area contributed by atoms with Crippen LogP contribution in [0, 0.1) is 0 Å². The van der Waals surface area contributed by atoms with Crippen molar-refractivity contribution in [3.8, 4) is 23.0 Å². The fraction of sp³-hybridized carbons (Fsp3) is 0.333. The Labute approximate surface area is 223 Å². The second kappa shape index (κ2) is 12.4. The van der Waals surface area contributed by atoms with Gasteiger partial charge in [-0.2, -0.15) is 0 Å². The van der Waals surface area contributed by atoms with Crippen molar-refractivity contribution in [2.75, 3.05) is 41.1 Å². The Morgan fingerprint density at radius 1 is 0.868 bits per heavy atom. The van der Waals surface area contributed by atoms with Crippen LogP contribution >= 0.6 is 0 Å². The van der Waals surface area contributed by atoms with E-state index < -0.39 is 0 Å². The fourth-order valence-electron chi connectivity index (χ4n) is 4.60. The van der Waals surface area contributed by atoms with Gasteiger partial charge in [0.05, 0.1) is 46.0 Å². The van der Waals surface area contributed by atoms with Gasteiger partial charge in [0.25, 0.3) is 0 Å². The van der Waals surface area contributed by atoms with E-state index in [1.54, 1.807) is 52.5 Å². The van der Waals surface area contributed by atoms with E-state index in [1.807, 2.05) is 41.3 Å². The molecule has 4 rings (SSSR count). The summed E-state index contributed by atoms with van der Waals surface area (Å²) in [7, 11) is 4.82.